The van der Waals surface area contributed by atoms with Gasteiger partial charge in [-0.15, -0.1) is 0 Å². The molecule has 0 N–H and O–H groups in total. The zero-order valence-corrected chi connectivity index (χ0v) is 14.7. The second kappa shape index (κ2) is 7.92. The summed E-state index contributed by atoms with van der Waals surface area (Å²) in [5, 5.41) is 1.68. The van der Waals surface area contributed by atoms with Gasteiger partial charge >= 0.3 is 10.8 Å². The smallest absolute Gasteiger partial charge is 0.326 e. The number of amides is 1. The van der Waals surface area contributed by atoms with Gasteiger partial charge in [0.1, 0.15) is 6.54 Å². The van der Waals surface area contributed by atoms with Crippen LogP contribution < -0.4 is 4.87 Å². The van der Waals surface area contributed by atoms with Gasteiger partial charge in [0, 0.05) is 18.1 Å². The molecule has 7 heteroatoms. The number of nitrogens with zero attached hydrogens (tertiary/aromatic N) is 2. The highest BCUT2D eigenvalue weighted by atomic mass is 32.1. The lowest BCUT2D eigenvalue weighted by molar-refractivity contribution is -0.152. The van der Waals surface area contributed by atoms with Gasteiger partial charge in [0.25, 0.3) is 5.91 Å². The largest absolute Gasteiger partial charge is 0.454 e. The van der Waals surface area contributed by atoms with E-state index in [-0.39, 0.29) is 30.0 Å². The first-order chi connectivity index (χ1) is 11.4. The number of rotatable bonds is 6. The predicted molar refractivity (Wildman–Crippen MR) is 91.9 cm³/mol. The topological polar surface area (TPSA) is 68.6 Å². The number of carbonyl (C=O) groups is 2. The number of aryl methyl sites for hydroxylation is 1. The maximum atomic E-state index is 12.2. The van der Waals surface area contributed by atoms with E-state index in [4.69, 9.17) is 4.74 Å². The molecule has 1 atom stereocenters. The third kappa shape index (κ3) is 4.32. The van der Waals surface area contributed by atoms with E-state index in [0.29, 0.717) is 5.69 Å². The second-order valence-electron chi connectivity index (χ2n) is 5.48. The van der Waals surface area contributed by atoms with E-state index < -0.39 is 5.97 Å². The van der Waals surface area contributed by atoms with E-state index >= 15 is 0 Å². The van der Waals surface area contributed by atoms with Crippen molar-refractivity contribution >= 4 is 23.2 Å². The number of likely N-dealkylation sites (N-methyl/N-ethyl adjacent to an activating group) is 1. The average Bonchev–Trinajstić information content (AvgIpc) is 2.91. The molecule has 0 unspecified atom stereocenters. The van der Waals surface area contributed by atoms with Crippen molar-refractivity contribution in [3.8, 4) is 0 Å². The zero-order valence-electron chi connectivity index (χ0n) is 13.9. The third-order valence-corrected chi connectivity index (χ3v) is 4.76. The molecule has 0 bridgehead atoms. The normalized spacial score (nSPS) is 11.8. The van der Waals surface area contributed by atoms with Gasteiger partial charge in [0.15, 0.2) is 6.61 Å². The fourth-order valence-corrected chi connectivity index (χ4v) is 2.92. The fraction of sp³-hybridized carbons (Fsp3) is 0.353. The Morgan fingerprint density at radius 3 is 2.54 bits per heavy atom. The number of aromatic nitrogens is 1. The minimum Gasteiger partial charge on any atom is -0.454 e. The minimum absolute atomic E-state index is 0.126. The number of thiazole rings is 1. The summed E-state index contributed by atoms with van der Waals surface area (Å²) in [4.78, 5) is 36.9. The van der Waals surface area contributed by atoms with Crippen LogP contribution in [0.4, 0.5) is 0 Å². The van der Waals surface area contributed by atoms with Gasteiger partial charge < -0.3 is 9.64 Å². The van der Waals surface area contributed by atoms with Crippen LogP contribution in [0.5, 0.6) is 0 Å². The molecular formula is C17H20N2O4S. The summed E-state index contributed by atoms with van der Waals surface area (Å²) in [7, 11) is 1.67. The maximum absolute atomic E-state index is 12.2. The summed E-state index contributed by atoms with van der Waals surface area (Å²) >= 11 is 1.03. The van der Waals surface area contributed by atoms with Crippen LogP contribution in [0.1, 0.15) is 24.2 Å². The molecule has 128 valence electrons. The van der Waals surface area contributed by atoms with Crippen LogP contribution in [0.2, 0.25) is 0 Å². The molecule has 0 spiro atoms. The minimum atomic E-state index is -0.604. The number of carbonyl (C=O) groups excluding carboxylic acids is 2. The number of benzene rings is 1. The number of ether oxygens (including phenoxy) is 1. The summed E-state index contributed by atoms with van der Waals surface area (Å²) in [6.45, 7) is 3.12. The number of esters is 1. The molecule has 0 fully saturated rings. The molecule has 6 nitrogen and oxygen atoms in total. The third-order valence-electron chi connectivity index (χ3n) is 3.88. The monoisotopic (exact) mass is 348 g/mol. The molecule has 1 aromatic heterocycles. The van der Waals surface area contributed by atoms with Crippen LogP contribution in [-0.2, 0) is 20.9 Å². The summed E-state index contributed by atoms with van der Waals surface area (Å²) in [5.74, 6) is -0.901. The first kappa shape index (κ1) is 17.9. The number of hydrogen-bond donors (Lipinski definition) is 0. The van der Waals surface area contributed by atoms with Gasteiger partial charge in [-0.3, -0.25) is 19.0 Å². The maximum Gasteiger partial charge on any atom is 0.326 e. The van der Waals surface area contributed by atoms with E-state index in [9.17, 15) is 14.4 Å². The van der Waals surface area contributed by atoms with Crippen molar-refractivity contribution in [2.45, 2.75) is 26.4 Å². The molecule has 0 saturated heterocycles. The standard InChI is InChI=1S/C17H20N2O4S/c1-12-11-24-17(22)19(12)9-16(21)23-10-15(20)18(3)13(2)14-7-5-4-6-8-14/h4-8,11,13H,9-10H2,1-3H3/t13-/m0/s1. The number of hydrogen-bond acceptors (Lipinski definition) is 5. The first-order valence-corrected chi connectivity index (χ1v) is 8.39. The molecule has 1 amide bonds. The van der Waals surface area contributed by atoms with Gasteiger partial charge in [-0.2, -0.15) is 0 Å². The van der Waals surface area contributed by atoms with Gasteiger partial charge in [-0.1, -0.05) is 41.7 Å². The van der Waals surface area contributed by atoms with Crippen molar-refractivity contribution in [2.75, 3.05) is 13.7 Å². The SMILES string of the molecule is Cc1csc(=O)n1CC(=O)OCC(=O)N(C)[C@@H](C)c1ccccc1. The van der Waals surface area contributed by atoms with Crippen LogP contribution in [0, 0.1) is 6.92 Å². The Hall–Kier alpha value is -2.41. The molecule has 24 heavy (non-hydrogen) atoms. The predicted octanol–water partition coefficient (Wildman–Crippen LogP) is 1.98. The molecule has 2 rings (SSSR count). The Balaban J connectivity index is 1.88. The lowest BCUT2D eigenvalue weighted by Gasteiger charge is -2.25. The van der Waals surface area contributed by atoms with Crippen LogP contribution >= 0.6 is 11.3 Å². The highest BCUT2D eigenvalue weighted by molar-refractivity contribution is 7.07. The van der Waals surface area contributed by atoms with E-state index in [2.05, 4.69) is 0 Å². The van der Waals surface area contributed by atoms with E-state index in [1.54, 1.807) is 19.4 Å². The van der Waals surface area contributed by atoms with Gasteiger partial charge in [-0.25, -0.2) is 0 Å². The molecule has 0 saturated carbocycles. The molecule has 0 aliphatic heterocycles. The van der Waals surface area contributed by atoms with Crippen molar-refractivity contribution in [1.29, 1.82) is 0 Å². The highest BCUT2D eigenvalue weighted by Crippen LogP contribution is 2.18. The lowest BCUT2D eigenvalue weighted by Crippen LogP contribution is -2.34. The molecule has 0 aliphatic carbocycles. The lowest BCUT2D eigenvalue weighted by atomic mass is 10.1. The summed E-state index contributed by atoms with van der Waals surface area (Å²) in [6.07, 6.45) is 0. The molecule has 1 heterocycles. The Morgan fingerprint density at radius 2 is 1.96 bits per heavy atom. The van der Waals surface area contributed by atoms with Gasteiger partial charge in [0.05, 0.1) is 6.04 Å². The van der Waals surface area contributed by atoms with Crippen LogP contribution in [0.3, 0.4) is 0 Å². The van der Waals surface area contributed by atoms with Crippen molar-refractivity contribution in [1.82, 2.24) is 9.47 Å². The Kier molecular flexibility index (Phi) is 5.92. The Bertz CT molecular complexity index is 766. The van der Waals surface area contributed by atoms with E-state index in [1.807, 2.05) is 37.3 Å². The van der Waals surface area contributed by atoms with Crippen LogP contribution in [-0.4, -0.2) is 35.0 Å². The molecule has 0 aliphatic rings. The highest BCUT2D eigenvalue weighted by Gasteiger charge is 2.19. The summed E-state index contributed by atoms with van der Waals surface area (Å²) in [6, 6.07) is 9.47. The van der Waals surface area contributed by atoms with Crippen molar-refractivity contribution in [2.24, 2.45) is 0 Å². The fourth-order valence-electron chi connectivity index (χ4n) is 2.19. The van der Waals surface area contributed by atoms with Crippen LogP contribution in [0.25, 0.3) is 0 Å². The molecule has 0 radical (unpaired) electrons. The van der Waals surface area contributed by atoms with Crippen molar-refractivity contribution in [3.63, 3.8) is 0 Å². The molecular weight excluding hydrogens is 328 g/mol. The van der Waals surface area contributed by atoms with E-state index in [0.717, 1.165) is 16.9 Å². The summed E-state index contributed by atoms with van der Waals surface area (Å²) in [5.41, 5.74) is 1.70. The van der Waals surface area contributed by atoms with Gasteiger partial charge in [-0.05, 0) is 19.4 Å². The van der Waals surface area contributed by atoms with Gasteiger partial charge in [0.2, 0.25) is 0 Å². The quantitative estimate of drug-likeness (QED) is 0.749. The Labute approximate surface area is 144 Å². The summed E-state index contributed by atoms with van der Waals surface area (Å²) < 4.78 is 6.34. The second-order valence-corrected chi connectivity index (χ2v) is 6.30. The van der Waals surface area contributed by atoms with Crippen LogP contribution in [0.15, 0.2) is 40.5 Å². The Morgan fingerprint density at radius 1 is 1.29 bits per heavy atom. The average molecular weight is 348 g/mol. The first-order valence-electron chi connectivity index (χ1n) is 7.51. The zero-order chi connectivity index (χ0) is 17.7. The molecule has 2 aromatic rings. The van der Waals surface area contributed by atoms with E-state index in [1.165, 1.54) is 9.47 Å². The van der Waals surface area contributed by atoms with Crippen molar-refractivity contribution < 1.29 is 14.3 Å². The van der Waals surface area contributed by atoms with Crippen molar-refractivity contribution in [3.05, 3.63) is 56.6 Å². The molecule has 1 aromatic carbocycles.